The fourth-order valence-corrected chi connectivity index (χ4v) is 2.64. The molecule has 1 aromatic rings. The number of ketones is 1. The molecule has 1 heterocycles. The molecule has 1 unspecified atom stereocenters. The van der Waals surface area contributed by atoms with Crippen LogP contribution in [-0.4, -0.2) is 32.2 Å². The quantitative estimate of drug-likeness (QED) is 0.797. The number of ether oxygens (including phenoxy) is 3. The number of rotatable bonds is 4. The standard InChI is InChI=1S/C14H17ClO4/c1-14(7-4-8-19-14)13(16)9-5-6-10(17-2)11(15)12(9)18-3/h5-6H,4,7-8H2,1-3H3. The van der Waals surface area contributed by atoms with E-state index in [1.54, 1.807) is 19.1 Å². The van der Waals surface area contributed by atoms with Crippen LogP contribution < -0.4 is 9.47 Å². The van der Waals surface area contributed by atoms with Gasteiger partial charge in [0.05, 0.1) is 19.8 Å². The van der Waals surface area contributed by atoms with Crippen LogP contribution >= 0.6 is 11.6 Å². The first-order valence-electron chi connectivity index (χ1n) is 6.12. The van der Waals surface area contributed by atoms with E-state index in [1.807, 2.05) is 0 Å². The molecule has 104 valence electrons. The maximum atomic E-state index is 12.6. The van der Waals surface area contributed by atoms with Gasteiger partial charge >= 0.3 is 0 Å². The second-order valence-electron chi connectivity index (χ2n) is 4.67. The first-order chi connectivity index (χ1) is 9.03. The smallest absolute Gasteiger partial charge is 0.198 e. The van der Waals surface area contributed by atoms with E-state index in [2.05, 4.69) is 0 Å². The molecule has 2 rings (SSSR count). The monoisotopic (exact) mass is 284 g/mol. The van der Waals surface area contributed by atoms with E-state index in [9.17, 15) is 4.79 Å². The molecule has 0 aromatic heterocycles. The lowest BCUT2D eigenvalue weighted by atomic mass is 9.91. The Morgan fingerprint density at radius 2 is 2.11 bits per heavy atom. The summed E-state index contributed by atoms with van der Waals surface area (Å²) in [4.78, 5) is 12.6. The zero-order chi connectivity index (χ0) is 14.0. The first-order valence-corrected chi connectivity index (χ1v) is 6.50. The highest BCUT2D eigenvalue weighted by molar-refractivity contribution is 6.34. The van der Waals surface area contributed by atoms with Crippen molar-refractivity contribution in [2.24, 2.45) is 0 Å². The first kappa shape index (κ1) is 14.2. The Morgan fingerprint density at radius 1 is 1.37 bits per heavy atom. The average Bonchev–Trinajstić information content (AvgIpc) is 2.85. The van der Waals surface area contributed by atoms with E-state index < -0.39 is 5.60 Å². The van der Waals surface area contributed by atoms with Crippen molar-refractivity contribution in [1.82, 2.24) is 0 Å². The van der Waals surface area contributed by atoms with Gasteiger partial charge in [-0.2, -0.15) is 0 Å². The Labute approximate surface area is 117 Å². The SMILES string of the molecule is COc1ccc(C(=O)C2(C)CCCO2)c(OC)c1Cl. The average molecular weight is 285 g/mol. The molecule has 0 spiro atoms. The van der Waals surface area contributed by atoms with Crippen molar-refractivity contribution >= 4 is 17.4 Å². The number of methoxy groups -OCH3 is 2. The molecular weight excluding hydrogens is 268 g/mol. The van der Waals surface area contributed by atoms with Crippen molar-refractivity contribution < 1.29 is 19.0 Å². The minimum Gasteiger partial charge on any atom is -0.495 e. The Bertz CT molecular complexity index is 492. The molecular formula is C14H17ClO4. The fourth-order valence-electron chi connectivity index (χ4n) is 2.32. The predicted molar refractivity (Wildman–Crippen MR) is 72.5 cm³/mol. The van der Waals surface area contributed by atoms with Gasteiger partial charge in [-0.25, -0.2) is 0 Å². The van der Waals surface area contributed by atoms with Gasteiger partial charge in [-0.1, -0.05) is 11.6 Å². The third kappa shape index (κ3) is 2.42. The summed E-state index contributed by atoms with van der Waals surface area (Å²) in [5.74, 6) is 0.710. The van der Waals surface area contributed by atoms with Crippen LogP contribution in [0.4, 0.5) is 0 Å². The van der Waals surface area contributed by atoms with Crippen molar-refractivity contribution in [3.63, 3.8) is 0 Å². The van der Waals surface area contributed by atoms with Gasteiger partial charge < -0.3 is 14.2 Å². The molecule has 0 amide bonds. The Hall–Kier alpha value is -1.26. The zero-order valence-electron chi connectivity index (χ0n) is 11.3. The third-order valence-electron chi connectivity index (χ3n) is 3.43. The normalized spacial score (nSPS) is 22.3. The van der Waals surface area contributed by atoms with E-state index in [-0.39, 0.29) is 5.78 Å². The molecule has 0 bridgehead atoms. The van der Waals surface area contributed by atoms with Gasteiger partial charge in [0.2, 0.25) is 0 Å². The topological polar surface area (TPSA) is 44.8 Å². The minimum absolute atomic E-state index is 0.105. The highest BCUT2D eigenvalue weighted by Crippen LogP contribution is 2.40. The van der Waals surface area contributed by atoms with Gasteiger partial charge in [0.1, 0.15) is 16.4 Å². The molecule has 0 N–H and O–H groups in total. The van der Waals surface area contributed by atoms with Gasteiger partial charge in [-0.05, 0) is 31.9 Å². The molecule has 5 heteroatoms. The summed E-state index contributed by atoms with van der Waals surface area (Å²) >= 11 is 6.17. The van der Waals surface area contributed by atoms with E-state index in [0.717, 1.165) is 6.42 Å². The minimum atomic E-state index is -0.787. The second-order valence-corrected chi connectivity index (χ2v) is 5.05. The number of carbonyl (C=O) groups excluding carboxylic acids is 1. The lowest BCUT2D eigenvalue weighted by molar-refractivity contribution is 0.0211. The van der Waals surface area contributed by atoms with E-state index in [1.165, 1.54) is 14.2 Å². The number of hydrogen-bond acceptors (Lipinski definition) is 4. The summed E-state index contributed by atoms with van der Waals surface area (Å²) in [5.41, 5.74) is -0.358. The molecule has 1 atom stereocenters. The van der Waals surface area contributed by atoms with Crippen LogP contribution in [-0.2, 0) is 4.74 Å². The van der Waals surface area contributed by atoms with Crippen molar-refractivity contribution in [1.29, 1.82) is 0 Å². The molecule has 1 aliphatic rings. The lowest BCUT2D eigenvalue weighted by Gasteiger charge is -2.23. The molecule has 0 aliphatic carbocycles. The molecule has 1 aromatic carbocycles. The summed E-state index contributed by atoms with van der Waals surface area (Å²) in [6.45, 7) is 2.41. The maximum Gasteiger partial charge on any atom is 0.198 e. The number of hydrogen-bond donors (Lipinski definition) is 0. The van der Waals surface area contributed by atoms with Gasteiger partial charge in [0.15, 0.2) is 11.5 Å². The van der Waals surface area contributed by atoms with E-state index >= 15 is 0 Å². The summed E-state index contributed by atoms with van der Waals surface area (Å²) in [6.07, 6.45) is 1.59. The number of carbonyl (C=O) groups is 1. The highest BCUT2D eigenvalue weighted by Gasteiger charge is 2.40. The summed E-state index contributed by atoms with van der Waals surface area (Å²) in [7, 11) is 3.00. The van der Waals surface area contributed by atoms with E-state index in [0.29, 0.717) is 35.1 Å². The summed E-state index contributed by atoms with van der Waals surface area (Å²) in [5, 5.41) is 0.303. The van der Waals surface area contributed by atoms with Crippen molar-refractivity contribution in [3.05, 3.63) is 22.7 Å². The van der Waals surface area contributed by atoms with Crippen molar-refractivity contribution in [3.8, 4) is 11.5 Å². The highest BCUT2D eigenvalue weighted by atomic mass is 35.5. The maximum absolute atomic E-state index is 12.6. The summed E-state index contributed by atoms with van der Waals surface area (Å²) < 4.78 is 15.9. The number of benzene rings is 1. The van der Waals surface area contributed by atoms with Crippen molar-refractivity contribution in [2.75, 3.05) is 20.8 Å². The zero-order valence-corrected chi connectivity index (χ0v) is 12.0. The molecule has 0 radical (unpaired) electrons. The predicted octanol–water partition coefficient (Wildman–Crippen LogP) is 3.11. The Balaban J connectivity index is 2.45. The third-order valence-corrected chi connectivity index (χ3v) is 3.79. The van der Waals surface area contributed by atoms with Crippen LogP contribution in [0.5, 0.6) is 11.5 Å². The van der Waals surface area contributed by atoms with Crippen LogP contribution in [0, 0.1) is 0 Å². The second kappa shape index (κ2) is 5.39. The number of halogens is 1. The van der Waals surface area contributed by atoms with Crippen LogP contribution in [0.15, 0.2) is 12.1 Å². The largest absolute Gasteiger partial charge is 0.495 e. The van der Waals surface area contributed by atoms with Gasteiger partial charge in [-0.3, -0.25) is 4.79 Å². The fraction of sp³-hybridized carbons (Fsp3) is 0.500. The Kier molecular flexibility index (Phi) is 4.02. The van der Waals surface area contributed by atoms with Gasteiger partial charge in [0, 0.05) is 6.61 Å². The van der Waals surface area contributed by atoms with Crippen LogP contribution in [0.2, 0.25) is 5.02 Å². The van der Waals surface area contributed by atoms with E-state index in [4.69, 9.17) is 25.8 Å². The lowest BCUT2D eigenvalue weighted by Crippen LogP contribution is -2.34. The molecule has 1 aliphatic heterocycles. The van der Waals surface area contributed by atoms with Crippen LogP contribution in [0.3, 0.4) is 0 Å². The molecule has 4 nitrogen and oxygen atoms in total. The molecule has 1 saturated heterocycles. The van der Waals surface area contributed by atoms with Crippen LogP contribution in [0.25, 0.3) is 0 Å². The molecule has 19 heavy (non-hydrogen) atoms. The van der Waals surface area contributed by atoms with Gasteiger partial charge in [-0.15, -0.1) is 0 Å². The van der Waals surface area contributed by atoms with Crippen molar-refractivity contribution in [2.45, 2.75) is 25.4 Å². The molecule has 0 saturated carbocycles. The molecule has 1 fully saturated rings. The van der Waals surface area contributed by atoms with Crippen LogP contribution in [0.1, 0.15) is 30.1 Å². The Morgan fingerprint density at radius 3 is 2.63 bits per heavy atom. The summed E-state index contributed by atoms with van der Waals surface area (Å²) in [6, 6.07) is 3.33. The number of Topliss-reactive ketones (excluding diaryl/α,β-unsaturated/α-hetero) is 1. The van der Waals surface area contributed by atoms with Gasteiger partial charge in [0.25, 0.3) is 0 Å².